The molecule has 4 rings (SSSR count). The number of benzene rings is 2. The summed E-state index contributed by atoms with van der Waals surface area (Å²) in [4.78, 5) is 15.5. The number of fused-ring (bicyclic) bond motifs is 1. The molecule has 0 bridgehead atoms. The first kappa shape index (κ1) is 14.3. The van der Waals surface area contributed by atoms with E-state index in [-0.39, 0.29) is 5.91 Å². The molecule has 2 N–H and O–H groups in total. The molecule has 2 aromatic heterocycles. The first-order chi connectivity index (χ1) is 11.7. The van der Waals surface area contributed by atoms with Crippen molar-refractivity contribution in [3.8, 4) is 11.3 Å². The summed E-state index contributed by atoms with van der Waals surface area (Å²) in [6, 6.07) is 19.5. The number of rotatable bonds is 3. The zero-order valence-corrected chi connectivity index (χ0v) is 13.2. The molecule has 0 aliphatic heterocycles. The average molecular weight is 316 g/mol. The van der Waals surface area contributed by atoms with E-state index in [1.807, 2.05) is 30.3 Å². The van der Waals surface area contributed by atoms with Gasteiger partial charge in [0.25, 0.3) is 5.91 Å². The van der Waals surface area contributed by atoms with Gasteiger partial charge in [0.1, 0.15) is 0 Å². The van der Waals surface area contributed by atoms with Gasteiger partial charge in [0, 0.05) is 27.8 Å². The maximum absolute atomic E-state index is 12.1. The second-order valence-corrected chi connectivity index (χ2v) is 5.73. The van der Waals surface area contributed by atoms with Gasteiger partial charge in [-0.2, -0.15) is 0 Å². The molecule has 4 nitrogen and oxygen atoms in total. The third kappa shape index (κ3) is 2.58. The van der Waals surface area contributed by atoms with Crippen LogP contribution in [0.25, 0.3) is 22.2 Å². The second kappa shape index (κ2) is 5.74. The van der Waals surface area contributed by atoms with Crippen LogP contribution in [0, 0.1) is 6.92 Å². The molecule has 0 radical (unpaired) electrons. The van der Waals surface area contributed by atoms with Crippen molar-refractivity contribution in [3.63, 3.8) is 0 Å². The standard InChI is InChI=1S/C20H16N2O2/c1-13-5-2-3-6-16(13)18-11-14-8-9-15(12-17(14)22-18)21-20(23)19-7-4-10-24-19/h2-12,22H,1H3,(H,21,23). The summed E-state index contributed by atoms with van der Waals surface area (Å²) in [7, 11) is 0. The molecule has 4 aromatic rings. The Morgan fingerprint density at radius 3 is 2.71 bits per heavy atom. The van der Waals surface area contributed by atoms with E-state index in [1.165, 1.54) is 17.4 Å². The number of carbonyl (C=O) groups is 1. The van der Waals surface area contributed by atoms with Gasteiger partial charge in [0.2, 0.25) is 0 Å². The van der Waals surface area contributed by atoms with E-state index >= 15 is 0 Å². The summed E-state index contributed by atoms with van der Waals surface area (Å²) < 4.78 is 5.11. The van der Waals surface area contributed by atoms with E-state index < -0.39 is 0 Å². The van der Waals surface area contributed by atoms with Crippen LogP contribution in [0.1, 0.15) is 16.1 Å². The van der Waals surface area contributed by atoms with Crippen LogP contribution >= 0.6 is 0 Å². The maximum atomic E-state index is 12.1. The Morgan fingerprint density at radius 2 is 1.92 bits per heavy atom. The van der Waals surface area contributed by atoms with Crippen LogP contribution in [0.2, 0.25) is 0 Å². The lowest BCUT2D eigenvalue weighted by Crippen LogP contribution is -2.10. The molecule has 2 heterocycles. The Hall–Kier alpha value is -3.27. The molecule has 0 fully saturated rings. The fourth-order valence-corrected chi connectivity index (χ4v) is 2.83. The molecule has 0 atom stereocenters. The molecule has 24 heavy (non-hydrogen) atoms. The number of carbonyl (C=O) groups excluding carboxylic acids is 1. The number of H-pyrrole nitrogens is 1. The van der Waals surface area contributed by atoms with Crippen LogP contribution in [0.5, 0.6) is 0 Å². The van der Waals surface area contributed by atoms with Gasteiger partial charge >= 0.3 is 0 Å². The van der Waals surface area contributed by atoms with E-state index in [4.69, 9.17) is 4.42 Å². The van der Waals surface area contributed by atoms with Crippen LogP contribution in [-0.4, -0.2) is 10.9 Å². The first-order valence-corrected chi connectivity index (χ1v) is 7.74. The molecule has 0 spiro atoms. The van der Waals surface area contributed by atoms with Gasteiger partial charge in [-0.25, -0.2) is 0 Å². The molecule has 0 unspecified atom stereocenters. The molecule has 0 aliphatic carbocycles. The molecular weight excluding hydrogens is 300 g/mol. The van der Waals surface area contributed by atoms with Gasteiger partial charge in [-0.15, -0.1) is 0 Å². The van der Waals surface area contributed by atoms with Gasteiger partial charge in [0.05, 0.1) is 6.26 Å². The molecule has 0 aliphatic rings. The summed E-state index contributed by atoms with van der Waals surface area (Å²) >= 11 is 0. The SMILES string of the molecule is Cc1ccccc1-c1cc2ccc(NC(=O)c3ccco3)cc2[nH]1. The fourth-order valence-electron chi connectivity index (χ4n) is 2.83. The first-order valence-electron chi connectivity index (χ1n) is 7.74. The van der Waals surface area contributed by atoms with Crippen molar-refractivity contribution in [3.05, 3.63) is 78.3 Å². The molecule has 0 saturated heterocycles. The highest BCUT2D eigenvalue weighted by Gasteiger charge is 2.10. The van der Waals surface area contributed by atoms with Crippen molar-refractivity contribution in [2.45, 2.75) is 6.92 Å². The number of aromatic nitrogens is 1. The zero-order chi connectivity index (χ0) is 16.5. The highest BCUT2D eigenvalue weighted by atomic mass is 16.3. The Labute approximate surface area is 139 Å². The average Bonchev–Trinajstić information content (AvgIpc) is 3.24. The minimum absolute atomic E-state index is 0.259. The van der Waals surface area contributed by atoms with Gasteiger partial charge in [-0.1, -0.05) is 30.3 Å². The van der Waals surface area contributed by atoms with E-state index in [1.54, 1.807) is 12.1 Å². The van der Waals surface area contributed by atoms with E-state index in [9.17, 15) is 4.79 Å². The quantitative estimate of drug-likeness (QED) is 0.559. The molecule has 0 saturated carbocycles. The lowest BCUT2D eigenvalue weighted by Gasteiger charge is -2.03. The Morgan fingerprint density at radius 1 is 1.04 bits per heavy atom. The van der Waals surface area contributed by atoms with E-state index in [0.717, 1.165) is 22.3 Å². The van der Waals surface area contributed by atoms with Crippen molar-refractivity contribution in [1.82, 2.24) is 4.98 Å². The van der Waals surface area contributed by atoms with Crippen molar-refractivity contribution >= 4 is 22.5 Å². The predicted octanol–water partition coefficient (Wildman–Crippen LogP) is 4.99. The lowest BCUT2D eigenvalue weighted by atomic mass is 10.1. The van der Waals surface area contributed by atoms with E-state index in [2.05, 4.69) is 35.4 Å². The molecule has 1 amide bonds. The number of anilines is 1. The number of amides is 1. The minimum Gasteiger partial charge on any atom is -0.459 e. The number of furan rings is 1. The molecular formula is C20H16N2O2. The Kier molecular flexibility index (Phi) is 3.43. The number of hydrogen-bond acceptors (Lipinski definition) is 2. The van der Waals surface area contributed by atoms with Crippen LogP contribution < -0.4 is 5.32 Å². The van der Waals surface area contributed by atoms with Gasteiger partial charge in [-0.05, 0) is 42.8 Å². The molecule has 2 aromatic carbocycles. The van der Waals surface area contributed by atoms with Crippen LogP contribution in [0.3, 0.4) is 0 Å². The van der Waals surface area contributed by atoms with Crippen molar-refractivity contribution in [1.29, 1.82) is 0 Å². The van der Waals surface area contributed by atoms with Gasteiger partial charge in [-0.3, -0.25) is 4.79 Å². The lowest BCUT2D eigenvalue weighted by molar-refractivity contribution is 0.0996. The number of aryl methyl sites for hydroxylation is 1. The normalized spacial score (nSPS) is 10.9. The number of aromatic amines is 1. The molecule has 118 valence electrons. The summed E-state index contributed by atoms with van der Waals surface area (Å²) in [6.07, 6.45) is 1.48. The largest absolute Gasteiger partial charge is 0.459 e. The van der Waals surface area contributed by atoms with Crippen LogP contribution in [0.15, 0.2) is 71.3 Å². The summed E-state index contributed by atoms with van der Waals surface area (Å²) in [5, 5.41) is 3.95. The molecule has 4 heteroatoms. The Bertz CT molecular complexity index is 1010. The van der Waals surface area contributed by atoms with Crippen molar-refractivity contribution < 1.29 is 9.21 Å². The third-order valence-electron chi connectivity index (χ3n) is 4.06. The summed E-state index contributed by atoms with van der Waals surface area (Å²) in [5.41, 5.74) is 5.16. The maximum Gasteiger partial charge on any atom is 0.291 e. The van der Waals surface area contributed by atoms with E-state index in [0.29, 0.717) is 5.76 Å². The fraction of sp³-hybridized carbons (Fsp3) is 0.0500. The van der Waals surface area contributed by atoms with Crippen molar-refractivity contribution in [2.24, 2.45) is 0 Å². The number of hydrogen-bond donors (Lipinski definition) is 2. The Balaban J connectivity index is 1.66. The summed E-state index contributed by atoms with van der Waals surface area (Å²) in [5.74, 6) is 0.0345. The van der Waals surface area contributed by atoms with Gasteiger partial charge in [0.15, 0.2) is 5.76 Å². The van der Waals surface area contributed by atoms with Crippen molar-refractivity contribution in [2.75, 3.05) is 5.32 Å². The highest BCUT2D eigenvalue weighted by molar-refractivity contribution is 6.03. The van der Waals surface area contributed by atoms with Crippen LogP contribution in [-0.2, 0) is 0 Å². The van der Waals surface area contributed by atoms with Crippen LogP contribution in [0.4, 0.5) is 5.69 Å². The summed E-state index contributed by atoms with van der Waals surface area (Å²) in [6.45, 7) is 2.09. The monoisotopic (exact) mass is 316 g/mol. The smallest absolute Gasteiger partial charge is 0.291 e. The second-order valence-electron chi connectivity index (χ2n) is 5.73. The predicted molar refractivity (Wildman–Crippen MR) is 95.1 cm³/mol. The topological polar surface area (TPSA) is 58.0 Å². The minimum atomic E-state index is -0.259. The third-order valence-corrected chi connectivity index (χ3v) is 4.06. The number of nitrogens with one attached hydrogen (secondary N) is 2. The zero-order valence-electron chi connectivity index (χ0n) is 13.2. The van der Waals surface area contributed by atoms with Gasteiger partial charge < -0.3 is 14.7 Å². The highest BCUT2D eigenvalue weighted by Crippen LogP contribution is 2.28.